The van der Waals surface area contributed by atoms with Crippen LogP contribution in [0.1, 0.15) is 36.0 Å². The van der Waals surface area contributed by atoms with Crippen molar-refractivity contribution in [3.8, 4) is 0 Å². The van der Waals surface area contributed by atoms with Gasteiger partial charge in [-0.15, -0.1) is 0 Å². The van der Waals surface area contributed by atoms with Crippen molar-refractivity contribution in [2.45, 2.75) is 39.2 Å². The van der Waals surface area contributed by atoms with Crippen molar-refractivity contribution in [1.29, 1.82) is 0 Å². The lowest BCUT2D eigenvalue weighted by Gasteiger charge is -2.18. The number of halogens is 1. The number of benzene rings is 1. The molecule has 16 heavy (non-hydrogen) atoms. The molecular weight excluding hydrogens is 268 g/mol. The molecule has 3 heteroatoms. The molecule has 0 amide bonds. The van der Waals surface area contributed by atoms with Crippen LogP contribution in [0.3, 0.4) is 0 Å². The van der Waals surface area contributed by atoms with Crippen LogP contribution in [0.4, 0.5) is 0 Å². The molecule has 0 radical (unpaired) electrons. The number of rotatable bonds is 4. The highest BCUT2D eigenvalue weighted by Crippen LogP contribution is 2.30. The molecule has 0 aliphatic carbocycles. The lowest BCUT2D eigenvalue weighted by Crippen LogP contribution is -2.15. The Morgan fingerprint density at radius 3 is 2.38 bits per heavy atom. The highest BCUT2D eigenvalue weighted by Gasteiger charge is 2.14. The van der Waals surface area contributed by atoms with Crippen LogP contribution in [0, 0.1) is 13.8 Å². The Morgan fingerprint density at radius 1 is 1.25 bits per heavy atom. The van der Waals surface area contributed by atoms with Gasteiger partial charge in [0.1, 0.15) is 0 Å². The maximum atomic E-state index is 9.44. The van der Waals surface area contributed by atoms with E-state index in [1.165, 1.54) is 16.7 Å². The monoisotopic (exact) mass is 286 g/mol. The Labute approximate surface area is 105 Å². The Bertz CT molecular complexity index is 363. The molecule has 1 aromatic carbocycles. The fraction of sp³-hybridized carbons (Fsp3) is 0.538. The number of aryl methyl sites for hydroxylation is 2. The van der Waals surface area contributed by atoms with Crippen molar-refractivity contribution in [2.24, 2.45) is 0 Å². The minimum Gasteiger partial charge on any atom is -0.394 e. The Balaban J connectivity index is 2.91. The first kappa shape index (κ1) is 13.7. The zero-order valence-corrected chi connectivity index (χ0v) is 11.6. The SMILES string of the molecule is Cc1cc(Br)c(C(C)CC(O)CO)cc1C. The summed E-state index contributed by atoms with van der Waals surface area (Å²) in [5.41, 5.74) is 3.70. The molecule has 1 aromatic rings. The molecule has 1 rings (SSSR count). The van der Waals surface area contributed by atoms with Crippen molar-refractivity contribution in [3.05, 3.63) is 33.3 Å². The molecule has 0 aromatic heterocycles. The van der Waals surface area contributed by atoms with Crippen LogP contribution in [0.5, 0.6) is 0 Å². The lowest BCUT2D eigenvalue weighted by atomic mass is 9.93. The van der Waals surface area contributed by atoms with Crippen LogP contribution < -0.4 is 0 Å². The molecule has 0 aliphatic rings. The van der Waals surface area contributed by atoms with E-state index in [1.54, 1.807) is 0 Å². The summed E-state index contributed by atoms with van der Waals surface area (Å²) in [6.07, 6.45) is -0.0547. The van der Waals surface area contributed by atoms with Crippen molar-refractivity contribution in [1.82, 2.24) is 0 Å². The molecule has 0 aliphatic heterocycles. The van der Waals surface area contributed by atoms with E-state index in [4.69, 9.17) is 5.11 Å². The first-order valence-corrected chi connectivity index (χ1v) is 6.30. The van der Waals surface area contributed by atoms with Crippen molar-refractivity contribution in [2.75, 3.05) is 6.61 Å². The Hall–Kier alpha value is -0.380. The lowest BCUT2D eigenvalue weighted by molar-refractivity contribution is 0.0835. The Morgan fingerprint density at radius 2 is 1.81 bits per heavy atom. The van der Waals surface area contributed by atoms with Crippen LogP contribution in [0.25, 0.3) is 0 Å². The normalized spacial score (nSPS) is 14.9. The van der Waals surface area contributed by atoms with Gasteiger partial charge in [-0.2, -0.15) is 0 Å². The minimum absolute atomic E-state index is 0.174. The summed E-state index contributed by atoms with van der Waals surface area (Å²) >= 11 is 3.55. The van der Waals surface area contributed by atoms with Crippen LogP contribution >= 0.6 is 15.9 Å². The maximum absolute atomic E-state index is 9.44. The summed E-state index contributed by atoms with van der Waals surface area (Å²) in [5.74, 6) is 0.232. The number of aliphatic hydroxyl groups excluding tert-OH is 2. The smallest absolute Gasteiger partial charge is 0.0776 e. The van der Waals surface area contributed by atoms with Crippen LogP contribution in [0.2, 0.25) is 0 Å². The van der Waals surface area contributed by atoms with Crippen molar-refractivity contribution >= 4 is 15.9 Å². The molecule has 2 nitrogen and oxygen atoms in total. The van der Waals surface area contributed by atoms with E-state index in [0.717, 1.165) is 4.47 Å². The second-order valence-corrected chi connectivity index (χ2v) is 5.29. The van der Waals surface area contributed by atoms with Crippen molar-refractivity contribution in [3.63, 3.8) is 0 Å². The number of hydrogen-bond acceptors (Lipinski definition) is 2. The second-order valence-electron chi connectivity index (χ2n) is 4.43. The molecule has 0 bridgehead atoms. The molecule has 0 heterocycles. The van der Waals surface area contributed by atoms with Gasteiger partial charge in [-0.25, -0.2) is 0 Å². The minimum atomic E-state index is -0.636. The molecule has 0 saturated carbocycles. The van der Waals surface area contributed by atoms with E-state index in [2.05, 4.69) is 48.8 Å². The highest BCUT2D eigenvalue weighted by molar-refractivity contribution is 9.10. The third kappa shape index (κ3) is 3.30. The van der Waals surface area contributed by atoms with Gasteiger partial charge in [-0.3, -0.25) is 0 Å². The first-order valence-electron chi connectivity index (χ1n) is 5.51. The summed E-state index contributed by atoms with van der Waals surface area (Å²) < 4.78 is 1.08. The van der Waals surface area contributed by atoms with Crippen LogP contribution in [-0.4, -0.2) is 22.9 Å². The summed E-state index contributed by atoms with van der Waals surface area (Å²) in [4.78, 5) is 0. The quantitative estimate of drug-likeness (QED) is 0.894. The van der Waals surface area contributed by atoms with Gasteiger partial charge in [0.05, 0.1) is 12.7 Å². The van der Waals surface area contributed by atoms with E-state index in [1.807, 2.05) is 0 Å². The Kier molecular flexibility index (Phi) is 4.96. The van der Waals surface area contributed by atoms with Gasteiger partial charge >= 0.3 is 0 Å². The van der Waals surface area contributed by atoms with Crippen molar-refractivity contribution < 1.29 is 10.2 Å². The van der Waals surface area contributed by atoms with E-state index in [0.29, 0.717) is 6.42 Å². The number of aliphatic hydroxyl groups is 2. The van der Waals surface area contributed by atoms with Crippen LogP contribution in [-0.2, 0) is 0 Å². The third-order valence-electron chi connectivity index (χ3n) is 2.98. The summed E-state index contributed by atoms with van der Waals surface area (Å²) in [7, 11) is 0. The van der Waals surface area contributed by atoms with Gasteiger partial charge in [0.15, 0.2) is 0 Å². The predicted octanol–water partition coefficient (Wildman–Crippen LogP) is 2.91. The standard InChI is InChI=1S/C13H19BrO2/c1-8-5-12(13(14)6-9(8)2)10(3)4-11(16)7-15/h5-6,10-11,15-16H,4,7H2,1-3H3. The van der Waals surface area contributed by atoms with Gasteiger partial charge in [-0.05, 0) is 48.9 Å². The van der Waals surface area contributed by atoms with Gasteiger partial charge in [0.2, 0.25) is 0 Å². The van der Waals surface area contributed by atoms with Gasteiger partial charge < -0.3 is 10.2 Å². The largest absolute Gasteiger partial charge is 0.394 e. The highest BCUT2D eigenvalue weighted by atomic mass is 79.9. The molecule has 2 N–H and O–H groups in total. The zero-order valence-electron chi connectivity index (χ0n) is 10.00. The van der Waals surface area contributed by atoms with E-state index in [-0.39, 0.29) is 12.5 Å². The molecule has 90 valence electrons. The maximum Gasteiger partial charge on any atom is 0.0776 e. The molecule has 0 spiro atoms. The molecule has 0 saturated heterocycles. The summed E-state index contributed by atoms with van der Waals surface area (Å²) in [5, 5.41) is 18.3. The predicted molar refractivity (Wildman–Crippen MR) is 69.7 cm³/mol. The summed E-state index contributed by atoms with van der Waals surface area (Å²) in [6, 6.07) is 4.25. The number of hydrogen-bond donors (Lipinski definition) is 2. The average Bonchev–Trinajstić information content (AvgIpc) is 2.23. The second kappa shape index (κ2) is 5.80. The molecule has 2 unspecified atom stereocenters. The fourth-order valence-corrected chi connectivity index (χ4v) is 2.64. The van der Waals surface area contributed by atoms with Gasteiger partial charge in [0.25, 0.3) is 0 Å². The summed E-state index contributed by atoms with van der Waals surface area (Å²) in [6.45, 7) is 6.05. The first-order chi connectivity index (χ1) is 7.45. The molecule has 0 fully saturated rings. The van der Waals surface area contributed by atoms with Gasteiger partial charge in [0, 0.05) is 4.47 Å². The van der Waals surface area contributed by atoms with E-state index < -0.39 is 6.10 Å². The fourth-order valence-electron chi connectivity index (χ4n) is 1.79. The van der Waals surface area contributed by atoms with Crippen LogP contribution in [0.15, 0.2) is 16.6 Å². The molecular formula is C13H19BrO2. The van der Waals surface area contributed by atoms with E-state index >= 15 is 0 Å². The van der Waals surface area contributed by atoms with Gasteiger partial charge in [-0.1, -0.05) is 28.9 Å². The topological polar surface area (TPSA) is 40.5 Å². The third-order valence-corrected chi connectivity index (χ3v) is 3.67. The molecule has 2 atom stereocenters. The zero-order chi connectivity index (χ0) is 12.3. The average molecular weight is 287 g/mol. The van der Waals surface area contributed by atoms with E-state index in [9.17, 15) is 5.11 Å².